The molecule has 0 saturated carbocycles. The zero-order valence-corrected chi connectivity index (χ0v) is 15.1. The van der Waals surface area contributed by atoms with Gasteiger partial charge in [-0.1, -0.05) is 24.3 Å². The number of piperazine rings is 1. The smallest absolute Gasteiger partial charge is 0.257 e. The number of amides is 2. The van der Waals surface area contributed by atoms with Gasteiger partial charge in [0.15, 0.2) is 0 Å². The monoisotopic (exact) mass is 353 g/mol. The van der Waals surface area contributed by atoms with E-state index in [1.165, 1.54) is 11.1 Å². The van der Waals surface area contributed by atoms with Crippen molar-refractivity contribution in [3.63, 3.8) is 0 Å². The third kappa shape index (κ3) is 4.17. The highest BCUT2D eigenvalue weighted by molar-refractivity contribution is 5.93. The molecule has 1 saturated heterocycles. The molecule has 1 aliphatic rings. The first-order valence-corrected chi connectivity index (χ1v) is 8.70. The summed E-state index contributed by atoms with van der Waals surface area (Å²) < 4.78 is 0. The molecule has 0 unspecified atom stereocenters. The van der Waals surface area contributed by atoms with Crippen LogP contribution < -0.4 is 5.32 Å². The summed E-state index contributed by atoms with van der Waals surface area (Å²) >= 11 is 0. The van der Waals surface area contributed by atoms with Crippen molar-refractivity contribution in [1.82, 2.24) is 19.8 Å². The molecule has 2 aromatic rings. The number of aromatic nitrogens is 2. The molecule has 3 rings (SSSR count). The number of carbonyl (C=O) groups excluding carboxylic acids is 2. The van der Waals surface area contributed by atoms with Crippen molar-refractivity contribution < 1.29 is 9.59 Å². The number of aryl methyl sites for hydroxylation is 1. The average molecular weight is 353 g/mol. The number of benzene rings is 1. The van der Waals surface area contributed by atoms with Gasteiger partial charge < -0.3 is 15.1 Å². The third-order valence-electron chi connectivity index (χ3n) is 4.61. The fraction of sp³-hybridized carbons (Fsp3) is 0.368. The van der Waals surface area contributed by atoms with E-state index in [1.54, 1.807) is 29.1 Å². The molecule has 0 radical (unpaired) electrons. The van der Waals surface area contributed by atoms with Crippen LogP contribution in [0.25, 0.3) is 0 Å². The lowest BCUT2D eigenvalue weighted by Crippen LogP contribution is -2.50. The molecule has 0 aliphatic carbocycles. The Labute approximate surface area is 153 Å². The molecule has 0 bridgehead atoms. The summed E-state index contributed by atoms with van der Waals surface area (Å²) in [4.78, 5) is 35.9. The lowest BCUT2D eigenvalue weighted by Gasteiger charge is -2.34. The van der Waals surface area contributed by atoms with Crippen molar-refractivity contribution in [3.8, 4) is 0 Å². The molecule has 1 aliphatic heterocycles. The van der Waals surface area contributed by atoms with Crippen LogP contribution in [0, 0.1) is 6.92 Å². The van der Waals surface area contributed by atoms with E-state index in [-0.39, 0.29) is 11.8 Å². The highest BCUT2D eigenvalue weighted by Gasteiger charge is 2.23. The summed E-state index contributed by atoms with van der Waals surface area (Å²) in [6, 6.07) is 8.12. The van der Waals surface area contributed by atoms with Gasteiger partial charge in [-0.05, 0) is 18.1 Å². The molecular formula is C19H23N5O2. The van der Waals surface area contributed by atoms with Crippen LogP contribution in [-0.4, -0.2) is 57.8 Å². The lowest BCUT2D eigenvalue weighted by molar-refractivity contribution is -0.130. The zero-order chi connectivity index (χ0) is 18.5. The number of hydrogen-bond acceptors (Lipinski definition) is 5. The maximum absolute atomic E-state index is 12.5. The third-order valence-corrected chi connectivity index (χ3v) is 4.61. The van der Waals surface area contributed by atoms with E-state index in [0.717, 1.165) is 0 Å². The van der Waals surface area contributed by atoms with Crippen molar-refractivity contribution in [2.24, 2.45) is 0 Å². The van der Waals surface area contributed by atoms with Gasteiger partial charge in [0.25, 0.3) is 5.91 Å². The van der Waals surface area contributed by atoms with Crippen LogP contribution in [0.15, 0.2) is 36.7 Å². The number of nitrogens with zero attached hydrogens (tertiary/aromatic N) is 4. The Morgan fingerprint density at radius 2 is 1.65 bits per heavy atom. The molecule has 1 aromatic heterocycles. The van der Waals surface area contributed by atoms with E-state index in [9.17, 15) is 9.59 Å². The van der Waals surface area contributed by atoms with E-state index >= 15 is 0 Å². The van der Waals surface area contributed by atoms with E-state index in [1.807, 2.05) is 12.1 Å². The minimum Gasteiger partial charge on any atom is -0.350 e. The van der Waals surface area contributed by atoms with Gasteiger partial charge in [0.05, 0.1) is 5.56 Å². The standard InChI is InChI=1S/C19H23N5O2/c1-14-5-3-4-6-16(14)11-20-19-21-12-17(13-22-19)18(26)24-9-7-23(8-10-24)15(2)25/h3-6,12-13H,7-11H2,1-2H3,(H,20,21,22). The van der Waals surface area contributed by atoms with Crippen LogP contribution >= 0.6 is 0 Å². The summed E-state index contributed by atoms with van der Waals surface area (Å²) in [5.41, 5.74) is 2.85. The molecule has 1 N–H and O–H groups in total. The largest absolute Gasteiger partial charge is 0.350 e. The first-order chi connectivity index (χ1) is 12.5. The molecule has 2 amide bonds. The number of hydrogen-bond donors (Lipinski definition) is 1. The van der Waals surface area contributed by atoms with Crippen LogP contribution in [0.3, 0.4) is 0 Å². The van der Waals surface area contributed by atoms with Crippen molar-refractivity contribution in [3.05, 3.63) is 53.3 Å². The van der Waals surface area contributed by atoms with Gasteiger partial charge in [0.1, 0.15) is 0 Å². The minimum absolute atomic E-state index is 0.0458. The number of carbonyl (C=O) groups is 2. The molecule has 0 atom stereocenters. The predicted molar refractivity (Wildman–Crippen MR) is 98.7 cm³/mol. The number of nitrogens with one attached hydrogen (secondary N) is 1. The molecule has 7 nitrogen and oxygen atoms in total. The summed E-state index contributed by atoms with van der Waals surface area (Å²) in [6.07, 6.45) is 3.10. The minimum atomic E-state index is -0.0985. The van der Waals surface area contributed by atoms with Gasteiger partial charge in [-0.25, -0.2) is 9.97 Å². The molecule has 2 heterocycles. The molecule has 26 heavy (non-hydrogen) atoms. The lowest BCUT2D eigenvalue weighted by atomic mass is 10.1. The maximum atomic E-state index is 12.5. The summed E-state index contributed by atoms with van der Waals surface area (Å²) in [7, 11) is 0. The van der Waals surface area contributed by atoms with Gasteiger partial charge in [-0.15, -0.1) is 0 Å². The zero-order valence-electron chi connectivity index (χ0n) is 15.1. The second-order valence-electron chi connectivity index (χ2n) is 6.37. The molecule has 7 heteroatoms. The SMILES string of the molecule is CC(=O)N1CCN(C(=O)c2cnc(NCc3ccccc3C)nc2)CC1. The molecule has 0 spiro atoms. The van der Waals surface area contributed by atoms with Crippen LogP contribution in [0.2, 0.25) is 0 Å². The van der Waals surface area contributed by atoms with Gasteiger partial charge in [0.2, 0.25) is 11.9 Å². The first kappa shape index (κ1) is 17.8. The molecule has 1 aromatic carbocycles. The van der Waals surface area contributed by atoms with Gasteiger partial charge in [-0.2, -0.15) is 0 Å². The summed E-state index contributed by atoms with van der Waals surface area (Å²) in [5.74, 6) is 0.439. The van der Waals surface area contributed by atoms with E-state index in [0.29, 0.717) is 44.2 Å². The normalized spacial score (nSPS) is 14.2. The van der Waals surface area contributed by atoms with Crippen molar-refractivity contribution in [2.75, 3.05) is 31.5 Å². The number of anilines is 1. The highest BCUT2D eigenvalue weighted by atomic mass is 16.2. The van der Waals surface area contributed by atoms with Crippen molar-refractivity contribution in [1.29, 1.82) is 0 Å². The molecule has 136 valence electrons. The second kappa shape index (κ2) is 7.95. The maximum Gasteiger partial charge on any atom is 0.257 e. The fourth-order valence-electron chi connectivity index (χ4n) is 2.92. The van der Waals surface area contributed by atoms with Gasteiger partial charge >= 0.3 is 0 Å². The Hall–Kier alpha value is -2.96. The second-order valence-corrected chi connectivity index (χ2v) is 6.37. The van der Waals surface area contributed by atoms with Crippen LogP contribution in [0.4, 0.5) is 5.95 Å². The van der Waals surface area contributed by atoms with Crippen molar-refractivity contribution in [2.45, 2.75) is 20.4 Å². The van der Waals surface area contributed by atoms with E-state index in [2.05, 4.69) is 34.3 Å². The topological polar surface area (TPSA) is 78.4 Å². The average Bonchev–Trinajstić information content (AvgIpc) is 2.67. The summed E-state index contributed by atoms with van der Waals surface area (Å²) in [6.45, 7) is 6.44. The Kier molecular flexibility index (Phi) is 5.46. The van der Waals surface area contributed by atoms with Crippen molar-refractivity contribution >= 4 is 17.8 Å². The fourth-order valence-corrected chi connectivity index (χ4v) is 2.92. The van der Waals surface area contributed by atoms with E-state index in [4.69, 9.17) is 0 Å². The van der Waals surface area contributed by atoms with Crippen LogP contribution in [-0.2, 0) is 11.3 Å². The van der Waals surface area contributed by atoms with Gasteiger partial charge in [0, 0.05) is 52.0 Å². The molecular weight excluding hydrogens is 330 g/mol. The van der Waals surface area contributed by atoms with E-state index < -0.39 is 0 Å². The Bertz CT molecular complexity index is 783. The van der Waals surface area contributed by atoms with Crippen LogP contribution in [0.5, 0.6) is 0 Å². The Morgan fingerprint density at radius 1 is 1.04 bits per heavy atom. The summed E-state index contributed by atoms with van der Waals surface area (Å²) in [5, 5.41) is 3.17. The Morgan fingerprint density at radius 3 is 2.27 bits per heavy atom. The van der Waals surface area contributed by atoms with Crippen LogP contribution in [0.1, 0.15) is 28.4 Å². The molecule has 1 fully saturated rings. The highest BCUT2D eigenvalue weighted by Crippen LogP contribution is 2.11. The Balaban J connectivity index is 1.56. The predicted octanol–water partition coefficient (Wildman–Crippen LogP) is 1.70. The first-order valence-electron chi connectivity index (χ1n) is 8.70. The van der Waals surface area contributed by atoms with Gasteiger partial charge in [-0.3, -0.25) is 9.59 Å². The quantitative estimate of drug-likeness (QED) is 0.905. The number of rotatable bonds is 4.